The molecule has 0 aliphatic carbocycles. The summed E-state index contributed by atoms with van der Waals surface area (Å²) in [4.78, 5) is 19.6. The number of anilines is 1. The van der Waals surface area contributed by atoms with Crippen molar-refractivity contribution < 1.29 is 12.8 Å². The van der Waals surface area contributed by atoms with Crippen LogP contribution in [0.4, 0.5) is 5.95 Å². The number of sulfonamides is 1. The van der Waals surface area contributed by atoms with Gasteiger partial charge >= 0.3 is 5.63 Å². The van der Waals surface area contributed by atoms with E-state index in [9.17, 15) is 13.2 Å². The summed E-state index contributed by atoms with van der Waals surface area (Å²) in [5.41, 5.74) is 1.20. The summed E-state index contributed by atoms with van der Waals surface area (Å²) in [7, 11) is -2.44. The molecule has 0 radical (unpaired) electrons. The Morgan fingerprint density at radius 3 is 2.33 bits per heavy atom. The van der Waals surface area contributed by atoms with Crippen LogP contribution in [-0.4, -0.2) is 25.4 Å². The zero-order chi connectivity index (χ0) is 17.5. The molecular formula is C16H15N3O4S. The molecule has 0 saturated heterocycles. The van der Waals surface area contributed by atoms with Crippen molar-refractivity contribution in [3.05, 3.63) is 58.2 Å². The SMILES string of the molecule is Cc1cc(C)nc(N(C)S(=O)(=O)c2ccc3oc(=O)ccc3c2)n1. The van der Waals surface area contributed by atoms with Crippen molar-refractivity contribution in [1.29, 1.82) is 0 Å². The summed E-state index contributed by atoms with van der Waals surface area (Å²) in [6, 6.07) is 8.83. The second-order valence-electron chi connectivity index (χ2n) is 5.38. The number of nitrogens with zero attached hydrogens (tertiary/aromatic N) is 3. The Balaban J connectivity index is 2.09. The smallest absolute Gasteiger partial charge is 0.336 e. The average molecular weight is 345 g/mol. The van der Waals surface area contributed by atoms with Crippen LogP contribution in [0.2, 0.25) is 0 Å². The predicted octanol–water partition coefficient (Wildman–Crippen LogP) is 2.02. The first-order chi connectivity index (χ1) is 11.3. The molecule has 0 aliphatic heterocycles. The second kappa shape index (κ2) is 5.72. The van der Waals surface area contributed by atoms with Crippen LogP contribution in [0.3, 0.4) is 0 Å². The van der Waals surface area contributed by atoms with Gasteiger partial charge in [0.25, 0.3) is 10.0 Å². The molecule has 2 heterocycles. The summed E-state index contributed by atoms with van der Waals surface area (Å²) in [5, 5.41) is 0.519. The van der Waals surface area contributed by atoms with Gasteiger partial charge in [-0.3, -0.25) is 0 Å². The fourth-order valence-corrected chi connectivity index (χ4v) is 3.45. The van der Waals surface area contributed by atoms with Gasteiger partial charge < -0.3 is 4.42 Å². The normalized spacial score (nSPS) is 11.6. The highest BCUT2D eigenvalue weighted by Gasteiger charge is 2.24. The maximum atomic E-state index is 12.8. The van der Waals surface area contributed by atoms with E-state index in [-0.39, 0.29) is 10.8 Å². The molecule has 0 saturated carbocycles. The van der Waals surface area contributed by atoms with E-state index in [2.05, 4.69) is 9.97 Å². The van der Waals surface area contributed by atoms with E-state index < -0.39 is 15.6 Å². The number of hydrogen-bond donors (Lipinski definition) is 0. The minimum absolute atomic E-state index is 0.0640. The Hall–Kier alpha value is -2.74. The number of rotatable bonds is 3. The molecular weight excluding hydrogens is 330 g/mol. The molecule has 24 heavy (non-hydrogen) atoms. The maximum absolute atomic E-state index is 12.8. The first kappa shape index (κ1) is 16.1. The minimum atomic E-state index is -3.84. The van der Waals surface area contributed by atoms with Gasteiger partial charge in [-0.1, -0.05) is 0 Å². The number of fused-ring (bicyclic) bond motifs is 1. The van der Waals surface area contributed by atoms with Crippen molar-refractivity contribution in [2.24, 2.45) is 0 Å². The van der Waals surface area contributed by atoms with E-state index in [1.54, 1.807) is 19.9 Å². The van der Waals surface area contributed by atoms with Gasteiger partial charge in [0, 0.05) is 29.9 Å². The lowest BCUT2D eigenvalue weighted by Gasteiger charge is -2.18. The number of hydrogen-bond acceptors (Lipinski definition) is 6. The molecule has 0 bridgehead atoms. The summed E-state index contributed by atoms with van der Waals surface area (Å²) >= 11 is 0. The van der Waals surface area contributed by atoms with E-state index in [1.165, 1.54) is 37.4 Å². The zero-order valence-electron chi connectivity index (χ0n) is 13.3. The molecule has 2 aromatic heterocycles. The summed E-state index contributed by atoms with van der Waals surface area (Å²) in [6.45, 7) is 3.55. The van der Waals surface area contributed by atoms with Gasteiger partial charge in [-0.2, -0.15) is 0 Å². The van der Waals surface area contributed by atoms with Crippen LogP contribution in [0.25, 0.3) is 11.0 Å². The lowest BCUT2D eigenvalue weighted by molar-refractivity contribution is 0.560. The van der Waals surface area contributed by atoms with Gasteiger partial charge in [0.2, 0.25) is 5.95 Å². The Labute approximate surface area is 138 Å². The first-order valence-electron chi connectivity index (χ1n) is 7.12. The van der Waals surface area contributed by atoms with Crippen LogP contribution in [0.5, 0.6) is 0 Å². The minimum Gasteiger partial charge on any atom is -0.423 e. The number of benzene rings is 1. The molecule has 0 fully saturated rings. The predicted molar refractivity (Wildman–Crippen MR) is 89.6 cm³/mol. The Bertz CT molecular complexity index is 1070. The van der Waals surface area contributed by atoms with Crippen LogP contribution >= 0.6 is 0 Å². The van der Waals surface area contributed by atoms with Crippen molar-refractivity contribution in [1.82, 2.24) is 9.97 Å². The molecule has 0 aliphatic rings. The van der Waals surface area contributed by atoms with Crippen molar-refractivity contribution in [2.75, 3.05) is 11.4 Å². The van der Waals surface area contributed by atoms with Gasteiger partial charge in [-0.25, -0.2) is 27.5 Å². The summed E-state index contributed by atoms with van der Waals surface area (Å²) < 4.78 is 31.7. The first-order valence-corrected chi connectivity index (χ1v) is 8.56. The van der Waals surface area contributed by atoms with Crippen LogP contribution in [0, 0.1) is 13.8 Å². The molecule has 0 spiro atoms. The van der Waals surface area contributed by atoms with Crippen LogP contribution in [0.15, 0.2) is 50.5 Å². The highest BCUT2D eigenvalue weighted by molar-refractivity contribution is 7.92. The molecule has 3 aromatic rings. The van der Waals surface area contributed by atoms with Gasteiger partial charge in [0.1, 0.15) is 5.58 Å². The van der Waals surface area contributed by atoms with E-state index in [0.29, 0.717) is 22.4 Å². The monoisotopic (exact) mass is 345 g/mol. The van der Waals surface area contributed by atoms with E-state index in [0.717, 1.165) is 4.31 Å². The molecule has 3 rings (SSSR count). The molecule has 0 unspecified atom stereocenters. The van der Waals surface area contributed by atoms with Gasteiger partial charge in [0.15, 0.2) is 0 Å². The van der Waals surface area contributed by atoms with E-state index in [4.69, 9.17) is 4.42 Å². The standard InChI is InChI=1S/C16H15N3O4S/c1-10-8-11(2)18-16(17-10)19(3)24(21,22)13-5-6-14-12(9-13)4-7-15(20)23-14/h4-9H,1-3H3. The third kappa shape index (κ3) is 2.88. The van der Waals surface area contributed by atoms with Crippen molar-refractivity contribution in [3.8, 4) is 0 Å². The Morgan fingerprint density at radius 2 is 1.67 bits per heavy atom. The van der Waals surface area contributed by atoms with Crippen molar-refractivity contribution in [2.45, 2.75) is 18.7 Å². The third-order valence-electron chi connectivity index (χ3n) is 3.50. The highest BCUT2D eigenvalue weighted by atomic mass is 32.2. The maximum Gasteiger partial charge on any atom is 0.336 e. The van der Waals surface area contributed by atoms with Crippen LogP contribution in [-0.2, 0) is 10.0 Å². The molecule has 1 aromatic carbocycles. The van der Waals surface area contributed by atoms with Crippen LogP contribution in [0.1, 0.15) is 11.4 Å². The lowest BCUT2D eigenvalue weighted by atomic mass is 10.2. The fraction of sp³-hybridized carbons (Fsp3) is 0.188. The number of aryl methyl sites for hydroxylation is 2. The summed E-state index contributed by atoms with van der Waals surface area (Å²) in [5.74, 6) is 0.104. The molecule has 0 atom stereocenters. The van der Waals surface area contributed by atoms with Gasteiger partial charge in [-0.15, -0.1) is 0 Å². The van der Waals surface area contributed by atoms with Gasteiger partial charge in [-0.05, 0) is 44.2 Å². The molecule has 124 valence electrons. The molecule has 7 nitrogen and oxygen atoms in total. The lowest BCUT2D eigenvalue weighted by Crippen LogP contribution is -2.28. The molecule has 0 N–H and O–H groups in total. The van der Waals surface area contributed by atoms with Crippen molar-refractivity contribution >= 4 is 26.9 Å². The highest BCUT2D eigenvalue weighted by Crippen LogP contribution is 2.23. The zero-order valence-corrected chi connectivity index (χ0v) is 14.2. The largest absolute Gasteiger partial charge is 0.423 e. The number of aromatic nitrogens is 2. The molecule has 8 heteroatoms. The van der Waals surface area contributed by atoms with Crippen molar-refractivity contribution in [3.63, 3.8) is 0 Å². The Morgan fingerprint density at radius 1 is 1.00 bits per heavy atom. The fourth-order valence-electron chi connectivity index (χ4n) is 2.32. The summed E-state index contributed by atoms with van der Waals surface area (Å²) in [6.07, 6.45) is 0. The van der Waals surface area contributed by atoms with E-state index >= 15 is 0 Å². The van der Waals surface area contributed by atoms with Crippen LogP contribution < -0.4 is 9.93 Å². The Kier molecular flexibility index (Phi) is 3.84. The quantitative estimate of drug-likeness (QED) is 0.674. The molecule has 0 amide bonds. The van der Waals surface area contributed by atoms with E-state index in [1.807, 2.05) is 0 Å². The third-order valence-corrected chi connectivity index (χ3v) is 5.24. The second-order valence-corrected chi connectivity index (χ2v) is 7.35. The average Bonchev–Trinajstić information content (AvgIpc) is 2.52. The topological polar surface area (TPSA) is 93.4 Å². The van der Waals surface area contributed by atoms with Gasteiger partial charge in [0.05, 0.1) is 4.90 Å².